The van der Waals surface area contributed by atoms with Crippen molar-refractivity contribution in [3.63, 3.8) is 0 Å². The third-order valence-electron chi connectivity index (χ3n) is 6.14. The largest absolute Gasteiger partial charge is 0.340 e. The second kappa shape index (κ2) is 6.89. The maximum absolute atomic E-state index is 12.9. The molecule has 2 radical (unpaired) electrons. The Balaban J connectivity index is 1.64. The van der Waals surface area contributed by atoms with E-state index in [1.54, 1.807) is 12.4 Å². The smallest absolute Gasteiger partial charge is 0.211 e. The summed E-state index contributed by atoms with van der Waals surface area (Å²) in [5.74, 6) is 0.859. The van der Waals surface area contributed by atoms with E-state index < -0.39 is 11.0 Å². The van der Waals surface area contributed by atoms with Gasteiger partial charge in [0.05, 0.1) is 15.7 Å². The first-order valence-corrected chi connectivity index (χ1v) is 11.0. The summed E-state index contributed by atoms with van der Waals surface area (Å²) in [6.45, 7) is 7.81. The van der Waals surface area contributed by atoms with Crippen LogP contribution in [0.3, 0.4) is 0 Å². The van der Waals surface area contributed by atoms with E-state index in [-0.39, 0.29) is 16.2 Å². The lowest BCUT2D eigenvalue weighted by atomic mass is 9.73. The number of rotatable bonds is 3. The van der Waals surface area contributed by atoms with Gasteiger partial charge in [0.1, 0.15) is 13.5 Å². The zero-order chi connectivity index (χ0) is 19.2. The molecule has 27 heavy (non-hydrogen) atoms. The van der Waals surface area contributed by atoms with Gasteiger partial charge in [-0.3, -0.25) is 4.40 Å². The number of fused-ring (bicyclic) bond motifs is 1. The average Bonchev–Trinajstić information content (AvgIpc) is 3.27. The van der Waals surface area contributed by atoms with Gasteiger partial charge < -0.3 is 4.90 Å². The van der Waals surface area contributed by atoms with Gasteiger partial charge in [0, 0.05) is 37.7 Å². The lowest BCUT2D eigenvalue weighted by Crippen LogP contribution is -2.58. The Morgan fingerprint density at radius 2 is 2.00 bits per heavy atom. The quantitative estimate of drug-likeness (QED) is 0.818. The number of hydrogen-bond acceptors (Lipinski definition) is 4. The van der Waals surface area contributed by atoms with Gasteiger partial charge >= 0.3 is 0 Å². The predicted molar refractivity (Wildman–Crippen MR) is 111 cm³/mol. The molecule has 0 bridgehead atoms. The van der Waals surface area contributed by atoms with Gasteiger partial charge in [-0.1, -0.05) is 12.8 Å². The molecule has 6 nitrogen and oxygen atoms in total. The minimum absolute atomic E-state index is 0.187. The Hall–Kier alpha value is -1.41. The molecule has 1 saturated carbocycles. The standard InChI is InChI=1S/C19H28BN5OS/c1-18(2,3)27(26)23-15-13-24(10-8-19(15)6-4-5-7-19)17-22-12-14(20)16-21-9-11-25(16)17/h9,11-12,15,23H,4-8,10,13H2,1-3H3/t15?,27-/m1/s1. The lowest BCUT2D eigenvalue weighted by molar-refractivity contribution is 0.176. The predicted octanol–water partition coefficient (Wildman–Crippen LogP) is 1.71. The minimum Gasteiger partial charge on any atom is -0.340 e. The van der Waals surface area contributed by atoms with E-state index in [0.29, 0.717) is 5.46 Å². The number of hydrogen-bond donors (Lipinski definition) is 1. The van der Waals surface area contributed by atoms with Crippen molar-refractivity contribution in [1.82, 2.24) is 19.1 Å². The summed E-state index contributed by atoms with van der Waals surface area (Å²) in [6, 6.07) is 0.187. The Morgan fingerprint density at radius 3 is 2.70 bits per heavy atom. The molecule has 1 spiro atoms. The lowest BCUT2D eigenvalue weighted by Gasteiger charge is -2.47. The highest BCUT2D eigenvalue weighted by molar-refractivity contribution is 7.84. The maximum atomic E-state index is 12.9. The number of aromatic nitrogens is 3. The molecule has 144 valence electrons. The second-order valence-corrected chi connectivity index (χ2v) is 10.9. The molecule has 3 heterocycles. The second-order valence-electron chi connectivity index (χ2n) is 8.95. The fourth-order valence-electron chi connectivity index (χ4n) is 4.52. The number of imidazole rings is 1. The number of nitrogens with one attached hydrogen (secondary N) is 1. The van der Waals surface area contributed by atoms with Crippen LogP contribution in [0, 0.1) is 5.41 Å². The van der Waals surface area contributed by atoms with Crippen LogP contribution in [0.1, 0.15) is 52.9 Å². The van der Waals surface area contributed by atoms with Crippen LogP contribution >= 0.6 is 0 Å². The summed E-state index contributed by atoms with van der Waals surface area (Å²) in [7, 11) is 4.93. The van der Waals surface area contributed by atoms with Crippen molar-refractivity contribution in [2.45, 2.75) is 63.7 Å². The molecule has 2 aromatic rings. The van der Waals surface area contributed by atoms with Crippen LogP contribution in [0.4, 0.5) is 5.95 Å². The number of anilines is 1. The molecular formula is C19H28BN5OS. The van der Waals surface area contributed by atoms with Crippen molar-refractivity contribution < 1.29 is 4.21 Å². The molecule has 1 unspecified atom stereocenters. The van der Waals surface area contributed by atoms with Crippen LogP contribution in [-0.2, 0) is 11.0 Å². The van der Waals surface area contributed by atoms with E-state index in [4.69, 9.17) is 7.85 Å². The molecule has 2 aliphatic rings. The minimum atomic E-state index is -1.09. The fraction of sp³-hybridized carbons (Fsp3) is 0.684. The highest BCUT2D eigenvalue weighted by Crippen LogP contribution is 2.47. The first-order valence-electron chi connectivity index (χ1n) is 9.81. The first-order chi connectivity index (χ1) is 12.8. The molecule has 1 N–H and O–H groups in total. The highest BCUT2D eigenvalue weighted by atomic mass is 32.2. The first kappa shape index (κ1) is 18.9. The molecular weight excluding hydrogens is 357 g/mol. The van der Waals surface area contributed by atoms with Gasteiger partial charge in [-0.2, -0.15) is 0 Å². The fourth-order valence-corrected chi connectivity index (χ4v) is 5.46. The molecule has 1 aliphatic carbocycles. The van der Waals surface area contributed by atoms with Gasteiger partial charge in [0.25, 0.3) is 0 Å². The van der Waals surface area contributed by atoms with Crippen molar-refractivity contribution in [3.05, 3.63) is 18.6 Å². The number of nitrogens with zero attached hydrogens (tertiary/aromatic N) is 4. The molecule has 2 fully saturated rings. The van der Waals surface area contributed by atoms with Crippen LogP contribution in [0.2, 0.25) is 0 Å². The average molecular weight is 385 g/mol. The van der Waals surface area contributed by atoms with E-state index >= 15 is 0 Å². The van der Waals surface area contributed by atoms with Gasteiger partial charge in [-0.15, -0.1) is 0 Å². The molecule has 1 aliphatic heterocycles. The van der Waals surface area contributed by atoms with Crippen molar-refractivity contribution in [1.29, 1.82) is 0 Å². The Kier molecular flexibility index (Phi) is 4.83. The van der Waals surface area contributed by atoms with E-state index in [2.05, 4.69) is 19.6 Å². The Bertz CT molecular complexity index is 855. The SMILES string of the molecule is [B]c1cnc(N2CCC3(CCCC3)C(N[S@](=O)C(C)(C)C)C2)n2ccnc12. The van der Waals surface area contributed by atoms with Crippen LogP contribution in [-0.4, -0.2) is 50.3 Å². The number of piperidine rings is 1. The molecule has 2 aromatic heterocycles. The van der Waals surface area contributed by atoms with Crippen molar-refractivity contribution in [2.75, 3.05) is 18.0 Å². The van der Waals surface area contributed by atoms with E-state index in [0.717, 1.165) is 31.1 Å². The normalized spacial score (nSPS) is 24.0. The summed E-state index contributed by atoms with van der Waals surface area (Å²) in [5, 5.41) is 0. The summed E-state index contributed by atoms with van der Waals surface area (Å²) in [4.78, 5) is 11.2. The zero-order valence-electron chi connectivity index (χ0n) is 16.4. The van der Waals surface area contributed by atoms with Crippen LogP contribution in [0.5, 0.6) is 0 Å². The van der Waals surface area contributed by atoms with Gasteiger partial charge in [-0.25, -0.2) is 18.9 Å². The van der Waals surface area contributed by atoms with E-state index in [1.165, 1.54) is 25.7 Å². The topological polar surface area (TPSA) is 62.5 Å². The molecule has 2 atom stereocenters. The Labute approximate surface area is 165 Å². The molecule has 0 amide bonds. The van der Waals surface area contributed by atoms with Crippen LogP contribution in [0.25, 0.3) is 5.65 Å². The third-order valence-corrected chi connectivity index (χ3v) is 7.75. The highest BCUT2D eigenvalue weighted by Gasteiger charge is 2.46. The van der Waals surface area contributed by atoms with Gasteiger partial charge in [0.15, 0.2) is 0 Å². The third kappa shape index (κ3) is 3.42. The van der Waals surface area contributed by atoms with Crippen LogP contribution in [0.15, 0.2) is 18.6 Å². The molecule has 1 saturated heterocycles. The van der Waals surface area contributed by atoms with E-state index in [9.17, 15) is 4.21 Å². The van der Waals surface area contributed by atoms with Crippen LogP contribution < -0.4 is 15.1 Å². The van der Waals surface area contributed by atoms with Crippen molar-refractivity contribution >= 4 is 35.9 Å². The summed E-state index contributed by atoms with van der Waals surface area (Å²) >= 11 is 0. The van der Waals surface area contributed by atoms with Gasteiger partial charge in [0.2, 0.25) is 5.95 Å². The summed E-state index contributed by atoms with van der Waals surface area (Å²) in [6.07, 6.45) is 11.4. The van der Waals surface area contributed by atoms with Crippen molar-refractivity contribution in [2.24, 2.45) is 5.41 Å². The summed E-state index contributed by atoms with van der Waals surface area (Å²) < 4.78 is 18.0. The maximum Gasteiger partial charge on any atom is 0.211 e. The van der Waals surface area contributed by atoms with Gasteiger partial charge in [-0.05, 0) is 50.9 Å². The van der Waals surface area contributed by atoms with Crippen molar-refractivity contribution in [3.8, 4) is 0 Å². The Morgan fingerprint density at radius 1 is 1.26 bits per heavy atom. The zero-order valence-corrected chi connectivity index (χ0v) is 17.3. The monoisotopic (exact) mass is 385 g/mol. The molecule has 0 aromatic carbocycles. The molecule has 8 heteroatoms. The summed E-state index contributed by atoms with van der Waals surface area (Å²) in [5.41, 5.74) is 1.57. The molecule has 4 rings (SSSR count). The van der Waals surface area contributed by atoms with E-state index in [1.807, 2.05) is 31.4 Å².